The maximum absolute atomic E-state index is 11.1. The van der Waals surface area contributed by atoms with Crippen molar-refractivity contribution in [1.82, 2.24) is 0 Å². The monoisotopic (exact) mass is 320 g/mol. The molecule has 2 rings (SSSR count). The molecular weight excluding hydrogens is 308 g/mol. The van der Waals surface area contributed by atoms with Gasteiger partial charge >= 0.3 is 11.9 Å². The van der Waals surface area contributed by atoms with E-state index in [2.05, 4.69) is 0 Å². The molecule has 108 valence electrons. The number of rotatable bonds is 6. The van der Waals surface area contributed by atoms with Crippen molar-refractivity contribution in [3.05, 3.63) is 59.7 Å². The van der Waals surface area contributed by atoms with Crippen molar-refractivity contribution >= 4 is 35.5 Å². The summed E-state index contributed by atoms with van der Waals surface area (Å²) < 4.78 is 0. The van der Waals surface area contributed by atoms with Crippen LogP contribution in [0.2, 0.25) is 0 Å². The van der Waals surface area contributed by atoms with E-state index in [-0.39, 0.29) is 11.1 Å². The minimum Gasteiger partial charge on any atom is -0.478 e. The van der Waals surface area contributed by atoms with Crippen LogP contribution < -0.4 is 0 Å². The fourth-order valence-electron chi connectivity index (χ4n) is 1.69. The van der Waals surface area contributed by atoms with Crippen molar-refractivity contribution in [1.29, 1.82) is 0 Å². The minimum absolute atomic E-state index is 0.259. The summed E-state index contributed by atoms with van der Waals surface area (Å²) in [6, 6.07) is 13.5. The summed E-state index contributed by atoms with van der Waals surface area (Å²) in [5, 5.41) is 18.7. The van der Waals surface area contributed by atoms with Gasteiger partial charge in [0.15, 0.2) is 0 Å². The van der Waals surface area contributed by atoms with E-state index in [1.54, 1.807) is 48.5 Å². The molecule has 2 aromatic rings. The van der Waals surface area contributed by atoms with Crippen LogP contribution in [-0.4, -0.2) is 27.2 Å². The van der Waals surface area contributed by atoms with Gasteiger partial charge in [0, 0.05) is 14.9 Å². The molecule has 21 heavy (non-hydrogen) atoms. The van der Waals surface area contributed by atoms with E-state index in [9.17, 15) is 9.59 Å². The molecule has 0 aliphatic heterocycles. The van der Waals surface area contributed by atoms with E-state index in [4.69, 9.17) is 10.2 Å². The third-order valence-corrected chi connectivity index (χ3v) is 4.94. The van der Waals surface area contributed by atoms with Crippen LogP contribution in [0, 0.1) is 0 Å². The summed E-state index contributed by atoms with van der Waals surface area (Å²) in [4.78, 5) is 23.5. The lowest BCUT2D eigenvalue weighted by Crippen LogP contribution is -1.99. The average Bonchev–Trinajstić information content (AvgIpc) is 2.48. The molecule has 0 bridgehead atoms. The summed E-state index contributed by atoms with van der Waals surface area (Å²) in [6.45, 7) is 0. The summed E-state index contributed by atoms with van der Waals surface area (Å²) in [7, 11) is 0. The molecule has 0 unspecified atom stereocenters. The van der Waals surface area contributed by atoms with Crippen LogP contribution in [0.3, 0.4) is 0 Å². The first-order chi connectivity index (χ1) is 10.1. The highest BCUT2D eigenvalue weighted by Crippen LogP contribution is 2.31. The number of aromatic carboxylic acids is 2. The van der Waals surface area contributed by atoms with Crippen molar-refractivity contribution in [3.63, 3.8) is 0 Å². The standard InChI is InChI=1S/C15H12O4S2/c16-14(17)10-5-1-3-7-12(10)20-9-21-13-8-4-2-6-11(13)15(18)19/h1-8H,9H2,(H,16,17)(H,18,19). The van der Waals surface area contributed by atoms with Gasteiger partial charge < -0.3 is 10.2 Å². The average molecular weight is 320 g/mol. The third kappa shape index (κ3) is 4.03. The highest BCUT2D eigenvalue weighted by molar-refractivity contribution is 8.16. The molecule has 2 aromatic carbocycles. The van der Waals surface area contributed by atoms with Crippen LogP contribution in [0.1, 0.15) is 20.7 Å². The van der Waals surface area contributed by atoms with Crippen LogP contribution in [0.4, 0.5) is 0 Å². The Morgan fingerprint density at radius 1 is 0.762 bits per heavy atom. The normalized spacial score (nSPS) is 10.3. The van der Waals surface area contributed by atoms with Gasteiger partial charge in [-0.15, -0.1) is 23.5 Å². The van der Waals surface area contributed by atoms with E-state index in [0.29, 0.717) is 14.9 Å². The van der Waals surface area contributed by atoms with Gasteiger partial charge in [-0.25, -0.2) is 9.59 Å². The SMILES string of the molecule is O=C(O)c1ccccc1SCSc1ccccc1C(=O)O. The van der Waals surface area contributed by atoms with Gasteiger partial charge in [0.05, 0.1) is 11.1 Å². The highest BCUT2D eigenvalue weighted by atomic mass is 32.2. The van der Waals surface area contributed by atoms with Crippen molar-refractivity contribution in [3.8, 4) is 0 Å². The molecule has 0 radical (unpaired) electrons. The first-order valence-corrected chi connectivity index (χ1v) is 7.97. The number of carbonyl (C=O) groups is 2. The smallest absolute Gasteiger partial charge is 0.336 e. The molecule has 4 nitrogen and oxygen atoms in total. The van der Waals surface area contributed by atoms with Crippen molar-refractivity contribution in [2.45, 2.75) is 9.79 Å². The Balaban J connectivity index is 2.06. The Bertz CT molecular complexity index is 613. The Kier molecular flexibility index (Phi) is 5.30. The molecule has 0 heterocycles. The van der Waals surface area contributed by atoms with E-state index in [0.717, 1.165) is 0 Å². The zero-order chi connectivity index (χ0) is 15.2. The predicted octanol–water partition coefficient (Wildman–Crippen LogP) is 3.92. The molecule has 0 aliphatic rings. The lowest BCUT2D eigenvalue weighted by molar-refractivity contribution is 0.0682. The molecular formula is C15H12O4S2. The molecule has 0 fully saturated rings. The highest BCUT2D eigenvalue weighted by Gasteiger charge is 2.12. The Labute approximate surface area is 130 Å². The van der Waals surface area contributed by atoms with E-state index in [1.807, 2.05) is 0 Å². The Morgan fingerprint density at radius 3 is 1.52 bits per heavy atom. The molecule has 0 atom stereocenters. The van der Waals surface area contributed by atoms with Gasteiger partial charge in [0.1, 0.15) is 0 Å². The number of hydrogen-bond donors (Lipinski definition) is 2. The topological polar surface area (TPSA) is 74.6 Å². The van der Waals surface area contributed by atoms with Crippen molar-refractivity contribution in [2.75, 3.05) is 5.08 Å². The second-order valence-corrected chi connectivity index (χ2v) is 6.41. The number of hydrogen-bond acceptors (Lipinski definition) is 4. The van der Waals surface area contributed by atoms with Gasteiger partial charge in [0.2, 0.25) is 0 Å². The lowest BCUT2D eigenvalue weighted by atomic mass is 10.2. The van der Waals surface area contributed by atoms with Crippen LogP contribution >= 0.6 is 23.5 Å². The van der Waals surface area contributed by atoms with Gasteiger partial charge in [-0.3, -0.25) is 0 Å². The molecule has 2 N–H and O–H groups in total. The van der Waals surface area contributed by atoms with Gasteiger partial charge in [0.25, 0.3) is 0 Å². The molecule has 0 saturated carbocycles. The first-order valence-electron chi connectivity index (χ1n) is 6.00. The molecule has 0 spiro atoms. The number of carboxylic acids is 2. The Morgan fingerprint density at radius 2 is 1.14 bits per heavy atom. The third-order valence-electron chi connectivity index (χ3n) is 2.66. The van der Waals surface area contributed by atoms with Crippen LogP contribution in [0.5, 0.6) is 0 Å². The summed E-state index contributed by atoms with van der Waals surface area (Å²) in [5.74, 6) is -1.93. The predicted molar refractivity (Wildman–Crippen MR) is 83.4 cm³/mol. The number of benzene rings is 2. The zero-order valence-corrected chi connectivity index (χ0v) is 12.5. The molecule has 6 heteroatoms. The van der Waals surface area contributed by atoms with Gasteiger partial charge in [-0.2, -0.15) is 0 Å². The quantitative estimate of drug-likeness (QED) is 0.620. The second kappa shape index (κ2) is 7.19. The van der Waals surface area contributed by atoms with Gasteiger partial charge in [-0.1, -0.05) is 24.3 Å². The van der Waals surface area contributed by atoms with Crippen LogP contribution in [-0.2, 0) is 0 Å². The minimum atomic E-state index is -0.964. The van der Waals surface area contributed by atoms with Gasteiger partial charge in [-0.05, 0) is 24.3 Å². The molecule has 0 aromatic heterocycles. The van der Waals surface area contributed by atoms with E-state index < -0.39 is 11.9 Å². The van der Waals surface area contributed by atoms with Crippen molar-refractivity contribution < 1.29 is 19.8 Å². The van der Waals surface area contributed by atoms with Crippen molar-refractivity contribution in [2.24, 2.45) is 0 Å². The summed E-state index contributed by atoms with van der Waals surface area (Å²) in [6.07, 6.45) is 0. The van der Waals surface area contributed by atoms with E-state index in [1.165, 1.54) is 23.5 Å². The lowest BCUT2D eigenvalue weighted by Gasteiger charge is -2.07. The second-order valence-electron chi connectivity index (χ2n) is 4.01. The fraction of sp³-hybridized carbons (Fsp3) is 0.0667. The van der Waals surface area contributed by atoms with E-state index >= 15 is 0 Å². The maximum atomic E-state index is 11.1. The Hall–Kier alpha value is -1.92. The largest absolute Gasteiger partial charge is 0.478 e. The van der Waals surface area contributed by atoms with Crippen LogP contribution in [0.15, 0.2) is 58.3 Å². The first kappa shape index (κ1) is 15.5. The summed E-state index contributed by atoms with van der Waals surface area (Å²) in [5.41, 5.74) is 0.518. The molecule has 0 saturated heterocycles. The fourth-order valence-corrected chi connectivity index (χ4v) is 3.92. The maximum Gasteiger partial charge on any atom is 0.336 e. The number of carboxylic acid groups (broad SMARTS) is 2. The molecule has 0 amide bonds. The zero-order valence-electron chi connectivity index (χ0n) is 10.9. The van der Waals surface area contributed by atoms with Crippen LogP contribution in [0.25, 0.3) is 0 Å². The number of thioether (sulfide) groups is 2. The molecule has 0 aliphatic carbocycles. The summed E-state index contributed by atoms with van der Waals surface area (Å²) >= 11 is 2.76.